The van der Waals surface area contributed by atoms with Crippen LogP contribution in [0.5, 0.6) is 0 Å². The molecular formula is C24H24F3N5O4. The van der Waals surface area contributed by atoms with E-state index in [1.807, 2.05) is 54.7 Å². The molecule has 0 atom stereocenters. The van der Waals surface area contributed by atoms with E-state index >= 15 is 0 Å². The summed E-state index contributed by atoms with van der Waals surface area (Å²) >= 11 is 0. The van der Waals surface area contributed by atoms with Crippen LogP contribution in [-0.2, 0) is 16.1 Å². The average molecular weight is 503 g/mol. The van der Waals surface area contributed by atoms with Crippen LogP contribution in [0, 0.1) is 5.92 Å². The first-order valence-corrected chi connectivity index (χ1v) is 10.8. The van der Waals surface area contributed by atoms with Crippen molar-refractivity contribution in [1.29, 1.82) is 0 Å². The summed E-state index contributed by atoms with van der Waals surface area (Å²) in [5.74, 6) is -2.52. The molecule has 2 aromatic carbocycles. The molecule has 0 saturated heterocycles. The van der Waals surface area contributed by atoms with Crippen LogP contribution in [0.4, 0.5) is 29.3 Å². The number of carbonyl (C=O) groups excluding carboxylic acids is 2. The summed E-state index contributed by atoms with van der Waals surface area (Å²) in [6.07, 6.45) is 0.431. The summed E-state index contributed by atoms with van der Waals surface area (Å²) in [7, 11) is 1.74. The summed E-state index contributed by atoms with van der Waals surface area (Å²) in [6.45, 7) is 0.437. The Labute approximate surface area is 204 Å². The van der Waals surface area contributed by atoms with Crippen molar-refractivity contribution in [3.05, 3.63) is 66.5 Å². The zero-order valence-corrected chi connectivity index (χ0v) is 19.2. The monoisotopic (exact) mass is 503 g/mol. The van der Waals surface area contributed by atoms with Gasteiger partial charge in [0.2, 0.25) is 5.91 Å². The highest BCUT2D eigenvalue weighted by Gasteiger charge is 2.38. The van der Waals surface area contributed by atoms with Gasteiger partial charge < -0.3 is 20.6 Å². The number of halogens is 3. The first-order valence-electron chi connectivity index (χ1n) is 10.8. The van der Waals surface area contributed by atoms with Crippen LogP contribution >= 0.6 is 0 Å². The van der Waals surface area contributed by atoms with Crippen molar-refractivity contribution in [2.75, 3.05) is 17.7 Å². The van der Waals surface area contributed by atoms with Crippen molar-refractivity contribution in [1.82, 2.24) is 15.1 Å². The Kier molecular flexibility index (Phi) is 8.30. The maximum atomic E-state index is 12.5. The van der Waals surface area contributed by atoms with Crippen molar-refractivity contribution in [3.8, 4) is 11.1 Å². The topological polar surface area (TPSA) is 127 Å². The Balaban J connectivity index is 0.000000454. The van der Waals surface area contributed by atoms with Gasteiger partial charge >= 0.3 is 18.2 Å². The lowest BCUT2D eigenvalue weighted by molar-refractivity contribution is -0.192. The molecule has 3 amide bonds. The molecule has 1 fully saturated rings. The minimum Gasteiger partial charge on any atom is -0.475 e. The first-order chi connectivity index (χ1) is 17.0. The van der Waals surface area contributed by atoms with Crippen molar-refractivity contribution in [2.45, 2.75) is 25.6 Å². The van der Waals surface area contributed by atoms with E-state index in [9.17, 15) is 22.8 Å². The Morgan fingerprint density at radius 3 is 2.28 bits per heavy atom. The fraction of sp³-hybridized carbons (Fsp3) is 0.250. The lowest BCUT2D eigenvalue weighted by Gasteiger charge is -2.19. The van der Waals surface area contributed by atoms with Crippen LogP contribution in [-0.4, -0.2) is 51.3 Å². The Morgan fingerprint density at radius 2 is 1.72 bits per heavy atom. The van der Waals surface area contributed by atoms with E-state index in [4.69, 9.17) is 9.90 Å². The summed E-state index contributed by atoms with van der Waals surface area (Å²) < 4.78 is 31.7. The maximum absolute atomic E-state index is 12.5. The van der Waals surface area contributed by atoms with Crippen LogP contribution in [0.25, 0.3) is 11.1 Å². The SMILES string of the molecule is CN(Cc1cccc(NC(=O)C2CC2)c1)C(=O)Nc1ccc(-c2cn[nH]c2)cc1.O=C(O)C(F)(F)F. The molecule has 0 unspecified atom stereocenters. The van der Waals surface area contributed by atoms with E-state index in [-0.39, 0.29) is 17.9 Å². The van der Waals surface area contributed by atoms with E-state index in [0.717, 1.165) is 40.9 Å². The summed E-state index contributed by atoms with van der Waals surface area (Å²) in [4.78, 5) is 34.9. The quantitative estimate of drug-likeness (QED) is 0.387. The molecule has 1 aliphatic carbocycles. The van der Waals surface area contributed by atoms with Gasteiger partial charge in [0.1, 0.15) is 0 Å². The van der Waals surface area contributed by atoms with E-state index in [1.54, 1.807) is 18.1 Å². The highest BCUT2D eigenvalue weighted by molar-refractivity contribution is 5.94. The number of nitrogens with one attached hydrogen (secondary N) is 3. The van der Waals surface area contributed by atoms with Gasteiger partial charge in [0.25, 0.3) is 0 Å². The molecular weight excluding hydrogens is 479 g/mol. The number of aromatic nitrogens is 2. The molecule has 1 aromatic heterocycles. The number of aromatic amines is 1. The predicted octanol–water partition coefficient (Wildman–Crippen LogP) is 4.72. The molecule has 0 bridgehead atoms. The van der Waals surface area contributed by atoms with Crippen LogP contribution in [0.2, 0.25) is 0 Å². The predicted molar refractivity (Wildman–Crippen MR) is 126 cm³/mol. The van der Waals surface area contributed by atoms with Gasteiger partial charge in [-0.3, -0.25) is 9.89 Å². The van der Waals surface area contributed by atoms with E-state index in [0.29, 0.717) is 6.54 Å². The van der Waals surface area contributed by atoms with Gasteiger partial charge in [0.05, 0.1) is 6.20 Å². The number of carboxylic acids is 1. The number of aliphatic carboxylic acids is 1. The Hall–Kier alpha value is -4.35. The van der Waals surface area contributed by atoms with Crippen molar-refractivity contribution in [2.24, 2.45) is 5.92 Å². The fourth-order valence-electron chi connectivity index (χ4n) is 3.06. The van der Waals surface area contributed by atoms with Gasteiger partial charge in [-0.1, -0.05) is 24.3 Å². The number of hydrogen-bond donors (Lipinski definition) is 4. The minimum atomic E-state index is -5.08. The lowest BCUT2D eigenvalue weighted by atomic mass is 10.1. The molecule has 4 N–H and O–H groups in total. The van der Waals surface area contributed by atoms with Gasteiger partial charge in [-0.05, 0) is 48.2 Å². The number of rotatable bonds is 6. The molecule has 3 aromatic rings. The summed E-state index contributed by atoms with van der Waals surface area (Å²) in [5, 5.41) is 19.7. The smallest absolute Gasteiger partial charge is 0.475 e. The summed E-state index contributed by atoms with van der Waals surface area (Å²) in [6, 6.07) is 15.0. The molecule has 36 heavy (non-hydrogen) atoms. The van der Waals surface area contributed by atoms with E-state index in [1.165, 1.54) is 0 Å². The van der Waals surface area contributed by atoms with Gasteiger partial charge in [0.15, 0.2) is 0 Å². The average Bonchev–Trinajstić information content (AvgIpc) is 3.54. The van der Waals surface area contributed by atoms with Gasteiger partial charge in [-0.2, -0.15) is 18.3 Å². The van der Waals surface area contributed by atoms with E-state index < -0.39 is 12.1 Å². The molecule has 1 aliphatic rings. The third-order valence-corrected chi connectivity index (χ3v) is 5.12. The normalized spacial score (nSPS) is 12.7. The van der Waals surface area contributed by atoms with Gasteiger partial charge in [-0.15, -0.1) is 0 Å². The molecule has 1 saturated carbocycles. The number of urea groups is 1. The number of hydrogen-bond acceptors (Lipinski definition) is 4. The van der Waals surface area contributed by atoms with Crippen LogP contribution in [0.15, 0.2) is 60.9 Å². The van der Waals surface area contributed by atoms with Crippen LogP contribution in [0.3, 0.4) is 0 Å². The number of carboxylic acid groups (broad SMARTS) is 1. The molecule has 1 heterocycles. The molecule has 0 radical (unpaired) electrons. The van der Waals surface area contributed by atoms with E-state index in [2.05, 4.69) is 20.8 Å². The Bertz CT molecular complexity index is 1190. The second-order valence-electron chi connectivity index (χ2n) is 8.12. The van der Waals surface area contributed by atoms with Crippen molar-refractivity contribution in [3.63, 3.8) is 0 Å². The van der Waals surface area contributed by atoms with Gasteiger partial charge in [0, 0.05) is 42.6 Å². The van der Waals surface area contributed by atoms with Crippen LogP contribution in [0.1, 0.15) is 18.4 Å². The number of H-pyrrole nitrogens is 1. The number of alkyl halides is 3. The third kappa shape index (κ3) is 7.86. The van der Waals surface area contributed by atoms with Crippen LogP contribution < -0.4 is 10.6 Å². The first kappa shape index (κ1) is 26.3. The number of benzene rings is 2. The number of amides is 3. The Morgan fingerprint density at radius 1 is 1.06 bits per heavy atom. The highest BCUT2D eigenvalue weighted by Crippen LogP contribution is 2.30. The lowest BCUT2D eigenvalue weighted by Crippen LogP contribution is -2.30. The molecule has 12 heteroatoms. The second kappa shape index (κ2) is 11.4. The van der Waals surface area contributed by atoms with Crippen molar-refractivity contribution < 1.29 is 32.7 Å². The number of nitrogens with zero attached hydrogens (tertiary/aromatic N) is 2. The molecule has 9 nitrogen and oxygen atoms in total. The largest absolute Gasteiger partial charge is 0.490 e. The fourth-order valence-corrected chi connectivity index (χ4v) is 3.06. The second-order valence-corrected chi connectivity index (χ2v) is 8.12. The zero-order valence-electron chi connectivity index (χ0n) is 19.2. The number of anilines is 2. The maximum Gasteiger partial charge on any atom is 0.490 e. The van der Waals surface area contributed by atoms with Crippen molar-refractivity contribution >= 4 is 29.3 Å². The third-order valence-electron chi connectivity index (χ3n) is 5.12. The number of carbonyl (C=O) groups is 3. The standard InChI is InChI=1S/C22H23N5O2.C2HF3O2/c1-27(14-15-3-2-4-20(11-15)25-21(28)17-5-6-17)22(29)26-19-9-7-16(8-10-19)18-12-23-24-13-18;3-2(4,5)1(6)7/h2-4,7-13,17H,5-6,14H2,1H3,(H,23,24)(H,25,28)(H,26,29);(H,6,7). The molecule has 0 aliphatic heterocycles. The molecule has 0 spiro atoms. The highest BCUT2D eigenvalue weighted by atomic mass is 19.4. The molecule has 4 rings (SSSR count). The zero-order chi connectivity index (χ0) is 26.3. The minimum absolute atomic E-state index is 0.0760. The van der Waals surface area contributed by atoms with Gasteiger partial charge in [-0.25, -0.2) is 9.59 Å². The summed E-state index contributed by atoms with van der Waals surface area (Å²) in [5.41, 5.74) is 4.46. The molecule has 190 valence electrons.